The minimum atomic E-state index is 0. The quantitative estimate of drug-likeness (QED) is 0.253. The lowest BCUT2D eigenvalue weighted by atomic mass is 10.1. The van der Waals surface area contributed by atoms with Gasteiger partial charge in [-0.15, -0.1) is 24.0 Å². The van der Waals surface area contributed by atoms with Crippen molar-refractivity contribution in [3.05, 3.63) is 11.7 Å². The lowest BCUT2D eigenvalue weighted by Gasteiger charge is -2.12. The molecule has 0 saturated carbocycles. The van der Waals surface area contributed by atoms with Crippen molar-refractivity contribution in [2.75, 3.05) is 39.5 Å². The second-order valence-electron chi connectivity index (χ2n) is 5.51. The average molecular weight is 453 g/mol. The van der Waals surface area contributed by atoms with Crippen molar-refractivity contribution in [3.8, 4) is 0 Å². The highest BCUT2D eigenvalue weighted by molar-refractivity contribution is 14.0. The SMILES string of the molecule is CCNC(=NCc1noc(C)n1)NCCCOCC1CCOC1.I. The minimum absolute atomic E-state index is 0. The van der Waals surface area contributed by atoms with Crippen LogP contribution in [0.5, 0.6) is 0 Å². The van der Waals surface area contributed by atoms with Crippen LogP contribution >= 0.6 is 24.0 Å². The summed E-state index contributed by atoms with van der Waals surface area (Å²) in [6.45, 7) is 9.05. The number of ether oxygens (including phenoxy) is 2. The molecule has 1 aromatic rings. The molecule has 0 aliphatic carbocycles. The summed E-state index contributed by atoms with van der Waals surface area (Å²) in [4.78, 5) is 8.56. The predicted molar refractivity (Wildman–Crippen MR) is 102 cm³/mol. The number of hydrogen-bond acceptors (Lipinski definition) is 6. The van der Waals surface area contributed by atoms with Crippen LogP contribution in [0, 0.1) is 12.8 Å². The van der Waals surface area contributed by atoms with Crippen LogP contribution in [0.1, 0.15) is 31.5 Å². The Morgan fingerprint density at radius 2 is 2.29 bits per heavy atom. The molecule has 2 rings (SSSR count). The van der Waals surface area contributed by atoms with Crippen LogP contribution in [0.4, 0.5) is 0 Å². The van der Waals surface area contributed by atoms with Crippen LogP contribution in [0.25, 0.3) is 0 Å². The Balaban J connectivity index is 0.00000288. The number of guanidine groups is 1. The number of nitrogens with one attached hydrogen (secondary N) is 2. The Kier molecular flexibility index (Phi) is 10.9. The minimum Gasteiger partial charge on any atom is -0.381 e. The molecule has 2 heterocycles. The number of rotatable bonds is 9. The van der Waals surface area contributed by atoms with E-state index in [1.165, 1.54) is 0 Å². The number of aliphatic imine (C=N–C) groups is 1. The molecule has 8 nitrogen and oxygen atoms in total. The van der Waals surface area contributed by atoms with Gasteiger partial charge in [-0.3, -0.25) is 0 Å². The first kappa shape index (κ1) is 21.1. The molecular weight excluding hydrogens is 425 g/mol. The number of nitrogens with zero attached hydrogens (tertiary/aromatic N) is 3. The predicted octanol–water partition coefficient (Wildman–Crippen LogP) is 1.49. The second kappa shape index (κ2) is 12.4. The lowest BCUT2D eigenvalue weighted by molar-refractivity contribution is 0.0888. The largest absolute Gasteiger partial charge is 0.381 e. The van der Waals surface area contributed by atoms with Crippen molar-refractivity contribution in [1.82, 2.24) is 20.8 Å². The third-order valence-electron chi connectivity index (χ3n) is 3.43. The Bertz CT molecular complexity index is 477. The maximum atomic E-state index is 5.68. The van der Waals surface area contributed by atoms with Gasteiger partial charge in [0.1, 0.15) is 6.54 Å². The molecule has 1 aliphatic heterocycles. The van der Waals surface area contributed by atoms with E-state index >= 15 is 0 Å². The number of aryl methyl sites for hydroxylation is 1. The van der Waals surface area contributed by atoms with E-state index in [1.54, 1.807) is 6.92 Å². The molecule has 1 aromatic heterocycles. The van der Waals surface area contributed by atoms with E-state index in [-0.39, 0.29) is 24.0 Å². The molecule has 1 unspecified atom stereocenters. The van der Waals surface area contributed by atoms with Gasteiger partial charge in [-0.2, -0.15) is 4.98 Å². The highest BCUT2D eigenvalue weighted by Crippen LogP contribution is 2.12. The number of halogens is 1. The fourth-order valence-corrected chi connectivity index (χ4v) is 2.24. The third-order valence-corrected chi connectivity index (χ3v) is 3.43. The van der Waals surface area contributed by atoms with Gasteiger partial charge >= 0.3 is 0 Å². The highest BCUT2D eigenvalue weighted by Gasteiger charge is 2.15. The van der Waals surface area contributed by atoms with Gasteiger partial charge in [0.2, 0.25) is 5.89 Å². The third kappa shape index (κ3) is 8.25. The van der Waals surface area contributed by atoms with E-state index in [1.807, 2.05) is 6.92 Å². The van der Waals surface area contributed by atoms with Gasteiger partial charge in [0.15, 0.2) is 11.8 Å². The summed E-state index contributed by atoms with van der Waals surface area (Å²) in [7, 11) is 0. The van der Waals surface area contributed by atoms with Gasteiger partial charge in [-0.1, -0.05) is 5.16 Å². The van der Waals surface area contributed by atoms with Crippen LogP contribution in [0.15, 0.2) is 9.52 Å². The Morgan fingerprint density at radius 1 is 1.42 bits per heavy atom. The molecule has 1 aliphatic rings. The summed E-state index contributed by atoms with van der Waals surface area (Å²) in [6.07, 6.45) is 2.05. The Hall–Kier alpha value is -0.940. The van der Waals surface area contributed by atoms with Gasteiger partial charge in [-0.05, 0) is 19.8 Å². The molecule has 0 aromatic carbocycles. The van der Waals surface area contributed by atoms with Crippen molar-refractivity contribution in [1.29, 1.82) is 0 Å². The zero-order chi connectivity index (χ0) is 16.3. The van der Waals surface area contributed by atoms with Gasteiger partial charge in [-0.25, -0.2) is 4.99 Å². The smallest absolute Gasteiger partial charge is 0.223 e. The standard InChI is InChI=1S/C15H27N5O3.HI/c1-3-16-15(18-9-14-19-12(2)23-20-14)17-6-4-7-21-10-13-5-8-22-11-13;/h13H,3-11H2,1-2H3,(H2,16,17,18);1H. The van der Waals surface area contributed by atoms with Gasteiger partial charge in [0, 0.05) is 39.1 Å². The molecule has 1 fully saturated rings. The van der Waals surface area contributed by atoms with E-state index in [9.17, 15) is 0 Å². The lowest BCUT2D eigenvalue weighted by Crippen LogP contribution is -2.38. The average Bonchev–Trinajstić information content (AvgIpc) is 3.19. The molecule has 9 heteroatoms. The first-order chi connectivity index (χ1) is 11.3. The monoisotopic (exact) mass is 453 g/mol. The van der Waals surface area contributed by atoms with Crippen molar-refractivity contribution < 1.29 is 14.0 Å². The Morgan fingerprint density at radius 3 is 2.96 bits per heavy atom. The molecule has 1 atom stereocenters. The number of hydrogen-bond donors (Lipinski definition) is 2. The fourth-order valence-electron chi connectivity index (χ4n) is 2.24. The normalized spacial score (nSPS) is 17.6. The van der Waals surface area contributed by atoms with Crippen LogP contribution < -0.4 is 10.6 Å². The molecule has 0 amide bonds. The summed E-state index contributed by atoms with van der Waals surface area (Å²) in [5.74, 6) is 2.46. The number of aromatic nitrogens is 2. The molecule has 138 valence electrons. The zero-order valence-corrected chi connectivity index (χ0v) is 16.7. The van der Waals surface area contributed by atoms with E-state index in [4.69, 9.17) is 14.0 Å². The molecule has 2 N–H and O–H groups in total. The topological polar surface area (TPSA) is 93.8 Å². The molecular formula is C15H28IN5O3. The molecule has 0 radical (unpaired) electrons. The second-order valence-corrected chi connectivity index (χ2v) is 5.51. The first-order valence-corrected chi connectivity index (χ1v) is 8.24. The fraction of sp³-hybridized carbons (Fsp3) is 0.800. The van der Waals surface area contributed by atoms with Gasteiger partial charge < -0.3 is 24.6 Å². The summed E-state index contributed by atoms with van der Waals surface area (Å²) < 4.78 is 15.9. The van der Waals surface area contributed by atoms with Crippen LogP contribution in [-0.2, 0) is 16.0 Å². The van der Waals surface area contributed by atoms with Crippen molar-refractivity contribution in [2.24, 2.45) is 10.9 Å². The maximum Gasteiger partial charge on any atom is 0.223 e. The van der Waals surface area contributed by atoms with E-state index in [2.05, 4.69) is 25.8 Å². The van der Waals surface area contributed by atoms with Crippen molar-refractivity contribution >= 4 is 29.9 Å². The van der Waals surface area contributed by atoms with Crippen molar-refractivity contribution in [2.45, 2.75) is 33.2 Å². The first-order valence-electron chi connectivity index (χ1n) is 8.24. The molecule has 0 bridgehead atoms. The molecule has 24 heavy (non-hydrogen) atoms. The maximum absolute atomic E-state index is 5.68. The van der Waals surface area contributed by atoms with E-state index in [0.29, 0.717) is 24.2 Å². The molecule has 1 saturated heterocycles. The van der Waals surface area contributed by atoms with E-state index in [0.717, 1.165) is 58.3 Å². The highest BCUT2D eigenvalue weighted by atomic mass is 127. The van der Waals surface area contributed by atoms with Gasteiger partial charge in [0.25, 0.3) is 0 Å². The summed E-state index contributed by atoms with van der Waals surface area (Å²) in [6, 6.07) is 0. The van der Waals surface area contributed by atoms with Crippen LogP contribution in [-0.4, -0.2) is 55.6 Å². The van der Waals surface area contributed by atoms with E-state index < -0.39 is 0 Å². The van der Waals surface area contributed by atoms with Gasteiger partial charge in [0.05, 0.1) is 13.2 Å². The van der Waals surface area contributed by atoms with Crippen LogP contribution in [0.3, 0.4) is 0 Å². The summed E-state index contributed by atoms with van der Waals surface area (Å²) in [5.41, 5.74) is 0. The summed E-state index contributed by atoms with van der Waals surface area (Å²) in [5, 5.41) is 10.3. The van der Waals surface area contributed by atoms with Crippen molar-refractivity contribution in [3.63, 3.8) is 0 Å². The van der Waals surface area contributed by atoms with Crippen LogP contribution in [0.2, 0.25) is 0 Å². The zero-order valence-electron chi connectivity index (χ0n) is 14.4. The molecule has 0 spiro atoms. The summed E-state index contributed by atoms with van der Waals surface area (Å²) >= 11 is 0. The Labute approximate surface area is 160 Å².